The van der Waals surface area contributed by atoms with E-state index in [0.717, 1.165) is 31.6 Å². The lowest BCUT2D eigenvalue weighted by molar-refractivity contribution is -0.121. The highest BCUT2D eigenvalue weighted by Crippen LogP contribution is 2.36. The summed E-state index contributed by atoms with van der Waals surface area (Å²) in [5.41, 5.74) is 0. The molecule has 1 fully saturated rings. The smallest absolute Gasteiger partial charge is 0.132 e. The Morgan fingerprint density at radius 1 is 1.36 bits per heavy atom. The predicted octanol–water partition coefficient (Wildman–Crippen LogP) is 2.96. The summed E-state index contributed by atoms with van der Waals surface area (Å²) in [6, 6.07) is 0. The molecular weight excluding hydrogens is 251 g/mol. The Balaban J connectivity index is 2.45. The van der Waals surface area contributed by atoms with E-state index in [1.54, 1.807) is 0 Å². The number of carbonyl (C=O) groups excluding carboxylic acids is 1. The van der Waals surface area contributed by atoms with Crippen LogP contribution in [0.5, 0.6) is 0 Å². The lowest BCUT2D eigenvalue weighted by atomic mass is 9.81. The summed E-state index contributed by atoms with van der Waals surface area (Å²) in [5, 5.41) is 0. The molecule has 1 nitrogen and oxygen atoms in total. The molecule has 0 atom stereocenters. The molecule has 1 saturated carbocycles. The summed E-state index contributed by atoms with van der Waals surface area (Å²) in [6.45, 7) is 4.52. The number of halogens is 1. The fourth-order valence-corrected chi connectivity index (χ4v) is 2.25. The highest BCUT2D eigenvalue weighted by Gasteiger charge is 2.29. The van der Waals surface area contributed by atoms with Gasteiger partial charge >= 0.3 is 0 Å². The number of hydrogen-bond acceptors (Lipinski definition) is 1. The van der Waals surface area contributed by atoms with Crippen LogP contribution in [0.2, 0.25) is 0 Å². The molecule has 0 unspecified atom stereocenters. The minimum Gasteiger partial charge on any atom is -0.300 e. The predicted molar refractivity (Wildman–Crippen MR) is 55.1 cm³/mol. The van der Waals surface area contributed by atoms with Crippen molar-refractivity contribution in [2.24, 2.45) is 5.92 Å². The lowest BCUT2D eigenvalue weighted by Crippen LogP contribution is -2.28. The summed E-state index contributed by atoms with van der Waals surface area (Å²) < 4.78 is 0.373. The molecule has 0 heterocycles. The van der Waals surface area contributed by atoms with Crippen LogP contribution in [0.25, 0.3) is 0 Å². The summed E-state index contributed by atoms with van der Waals surface area (Å²) in [6.07, 6.45) is 3.84. The van der Waals surface area contributed by atoms with Crippen LogP contribution in [-0.4, -0.2) is 9.20 Å². The number of alkyl halides is 1. The van der Waals surface area contributed by atoms with E-state index in [-0.39, 0.29) is 0 Å². The van der Waals surface area contributed by atoms with Crippen molar-refractivity contribution < 1.29 is 4.79 Å². The number of Topliss-reactive ketones (excluding diaryl/α,β-unsaturated/α-hetero) is 1. The van der Waals surface area contributed by atoms with E-state index < -0.39 is 0 Å². The van der Waals surface area contributed by atoms with Crippen molar-refractivity contribution >= 4 is 28.4 Å². The van der Waals surface area contributed by atoms with Gasteiger partial charge in [0.05, 0.1) is 0 Å². The SMILES string of the molecule is CC(C)(I)C1CCC(=O)CC1. The van der Waals surface area contributed by atoms with Gasteiger partial charge < -0.3 is 0 Å². The molecule has 0 spiro atoms. The molecule has 1 aliphatic rings. The van der Waals surface area contributed by atoms with E-state index in [4.69, 9.17) is 0 Å². The van der Waals surface area contributed by atoms with Crippen LogP contribution in [0.4, 0.5) is 0 Å². The van der Waals surface area contributed by atoms with Gasteiger partial charge in [-0.15, -0.1) is 0 Å². The number of hydrogen-bond donors (Lipinski definition) is 0. The average molecular weight is 266 g/mol. The zero-order chi connectivity index (χ0) is 8.48. The molecule has 64 valence electrons. The van der Waals surface area contributed by atoms with Crippen molar-refractivity contribution in [1.29, 1.82) is 0 Å². The first-order chi connectivity index (χ1) is 5.00. The summed E-state index contributed by atoms with van der Waals surface area (Å²) in [4.78, 5) is 10.9. The van der Waals surface area contributed by atoms with Gasteiger partial charge in [-0.1, -0.05) is 36.4 Å². The van der Waals surface area contributed by atoms with Crippen molar-refractivity contribution in [1.82, 2.24) is 0 Å². The summed E-state index contributed by atoms with van der Waals surface area (Å²) in [7, 11) is 0. The minimum absolute atomic E-state index is 0.373. The number of ketones is 1. The zero-order valence-electron chi connectivity index (χ0n) is 7.19. The fraction of sp³-hybridized carbons (Fsp3) is 0.889. The normalized spacial score (nSPS) is 22.3. The van der Waals surface area contributed by atoms with E-state index in [0.29, 0.717) is 9.20 Å². The van der Waals surface area contributed by atoms with Crippen LogP contribution in [0.15, 0.2) is 0 Å². The van der Waals surface area contributed by atoms with E-state index >= 15 is 0 Å². The van der Waals surface area contributed by atoms with Crippen LogP contribution in [0.1, 0.15) is 39.5 Å². The van der Waals surface area contributed by atoms with Crippen LogP contribution >= 0.6 is 22.6 Å². The first-order valence-electron chi connectivity index (χ1n) is 4.21. The standard InChI is InChI=1S/C9H15IO/c1-9(2,10)7-3-5-8(11)6-4-7/h7H,3-6H2,1-2H3. The first-order valence-corrected chi connectivity index (χ1v) is 5.28. The highest BCUT2D eigenvalue weighted by atomic mass is 127. The van der Waals surface area contributed by atoms with Crippen LogP contribution in [0.3, 0.4) is 0 Å². The van der Waals surface area contributed by atoms with E-state index in [9.17, 15) is 4.79 Å². The van der Waals surface area contributed by atoms with Gasteiger partial charge in [0.1, 0.15) is 5.78 Å². The Kier molecular flexibility index (Phi) is 2.95. The van der Waals surface area contributed by atoms with Gasteiger partial charge in [-0.25, -0.2) is 0 Å². The molecule has 1 rings (SSSR count). The third kappa shape index (κ3) is 2.73. The third-order valence-corrected chi connectivity index (χ3v) is 3.39. The zero-order valence-corrected chi connectivity index (χ0v) is 9.35. The molecular formula is C9H15IO. The monoisotopic (exact) mass is 266 g/mol. The Hall–Kier alpha value is 0.400. The first kappa shape index (κ1) is 9.49. The van der Waals surface area contributed by atoms with Gasteiger partial charge in [-0.05, 0) is 18.8 Å². The van der Waals surface area contributed by atoms with E-state index in [1.165, 1.54) is 0 Å². The Bertz CT molecular complexity index is 147. The molecule has 0 N–H and O–H groups in total. The molecule has 0 saturated heterocycles. The molecule has 0 amide bonds. The Morgan fingerprint density at radius 2 is 1.82 bits per heavy atom. The van der Waals surface area contributed by atoms with Crippen LogP contribution in [-0.2, 0) is 4.79 Å². The minimum atomic E-state index is 0.373. The maximum absolute atomic E-state index is 10.9. The second-order valence-electron chi connectivity index (χ2n) is 3.88. The highest BCUT2D eigenvalue weighted by molar-refractivity contribution is 14.1. The largest absolute Gasteiger partial charge is 0.300 e. The Labute approximate surface area is 82.1 Å². The molecule has 0 aliphatic heterocycles. The molecule has 0 aromatic carbocycles. The van der Waals surface area contributed by atoms with Gasteiger partial charge in [0, 0.05) is 16.3 Å². The molecule has 0 aromatic rings. The van der Waals surface area contributed by atoms with Crippen molar-refractivity contribution in [3.8, 4) is 0 Å². The van der Waals surface area contributed by atoms with E-state index in [1.807, 2.05) is 0 Å². The second-order valence-corrected chi connectivity index (χ2v) is 6.66. The molecule has 11 heavy (non-hydrogen) atoms. The summed E-state index contributed by atoms with van der Waals surface area (Å²) >= 11 is 2.49. The van der Waals surface area contributed by atoms with Crippen molar-refractivity contribution in [2.75, 3.05) is 0 Å². The van der Waals surface area contributed by atoms with Gasteiger partial charge in [-0.3, -0.25) is 4.79 Å². The van der Waals surface area contributed by atoms with Crippen molar-refractivity contribution in [3.05, 3.63) is 0 Å². The quantitative estimate of drug-likeness (QED) is 0.526. The van der Waals surface area contributed by atoms with Crippen LogP contribution in [0, 0.1) is 5.92 Å². The number of rotatable bonds is 1. The fourth-order valence-electron chi connectivity index (χ4n) is 1.63. The maximum atomic E-state index is 10.9. The maximum Gasteiger partial charge on any atom is 0.132 e. The molecule has 2 heteroatoms. The third-order valence-electron chi connectivity index (χ3n) is 2.51. The van der Waals surface area contributed by atoms with Crippen LogP contribution < -0.4 is 0 Å². The second kappa shape index (κ2) is 3.42. The van der Waals surface area contributed by atoms with Gasteiger partial charge in [0.2, 0.25) is 0 Å². The van der Waals surface area contributed by atoms with E-state index in [2.05, 4.69) is 36.4 Å². The number of carbonyl (C=O) groups is 1. The molecule has 0 radical (unpaired) electrons. The topological polar surface area (TPSA) is 17.1 Å². The van der Waals surface area contributed by atoms with Gasteiger partial charge in [0.15, 0.2) is 0 Å². The Morgan fingerprint density at radius 3 is 2.18 bits per heavy atom. The lowest BCUT2D eigenvalue weighted by Gasteiger charge is -2.31. The molecule has 0 aromatic heterocycles. The molecule has 1 aliphatic carbocycles. The van der Waals surface area contributed by atoms with Gasteiger partial charge in [-0.2, -0.15) is 0 Å². The average Bonchev–Trinajstić information content (AvgIpc) is 1.86. The van der Waals surface area contributed by atoms with Crippen molar-refractivity contribution in [3.63, 3.8) is 0 Å². The van der Waals surface area contributed by atoms with Gasteiger partial charge in [0.25, 0.3) is 0 Å². The summed E-state index contributed by atoms with van der Waals surface area (Å²) in [5.74, 6) is 1.21. The van der Waals surface area contributed by atoms with Crippen molar-refractivity contribution in [2.45, 2.75) is 43.0 Å². The molecule has 0 bridgehead atoms.